The van der Waals surface area contributed by atoms with E-state index in [4.69, 9.17) is 14.2 Å². The van der Waals surface area contributed by atoms with Gasteiger partial charge in [-0.2, -0.15) is 0 Å². The number of carbonyl (C=O) groups is 3. The average molecular weight is 1080 g/mol. The van der Waals surface area contributed by atoms with Crippen molar-refractivity contribution >= 4 is 17.9 Å². The molecule has 0 bridgehead atoms. The van der Waals surface area contributed by atoms with Crippen LogP contribution in [0, 0.1) is 0 Å². The highest BCUT2D eigenvalue weighted by Gasteiger charge is 2.19. The van der Waals surface area contributed by atoms with Gasteiger partial charge in [0.05, 0.1) is 0 Å². The zero-order valence-electron chi connectivity index (χ0n) is 51.5. The number of hydrogen-bond donors (Lipinski definition) is 0. The van der Waals surface area contributed by atoms with Crippen LogP contribution in [0.25, 0.3) is 0 Å². The minimum atomic E-state index is -0.766. The molecule has 448 valence electrons. The van der Waals surface area contributed by atoms with E-state index in [1.807, 2.05) is 0 Å². The predicted octanol–water partition coefficient (Wildman–Crippen LogP) is 23.1. The Kier molecular flexibility index (Phi) is 63.2. The lowest BCUT2D eigenvalue weighted by atomic mass is 10.0. The van der Waals surface area contributed by atoms with E-state index in [1.54, 1.807) is 0 Å². The van der Waals surface area contributed by atoms with Crippen LogP contribution in [0.1, 0.15) is 355 Å². The van der Waals surface area contributed by atoms with Crippen molar-refractivity contribution in [2.24, 2.45) is 0 Å². The molecule has 6 heteroatoms. The Hall–Kier alpha value is -2.89. The lowest BCUT2D eigenvalue weighted by Gasteiger charge is -2.18. The summed E-state index contributed by atoms with van der Waals surface area (Å²) in [6, 6.07) is 0. The van der Waals surface area contributed by atoms with E-state index >= 15 is 0 Å². The number of rotatable bonds is 62. The van der Waals surface area contributed by atoms with Crippen molar-refractivity contribution in [1.82, 2.24) is 0 Å². The second-order valence-corrected chi connectivity index (χ2v) is 22.7. The third-order valence-electron chi connectivity index (χ3n) is 15.0. The summed E-state index contributed by atoms with van der Waals surface area (Å²) in [4.78, 5) is 38.0. The Morgan fingerprint density at radius 3 is 0.792 bits per heavy atom. The summed E-state index contributed by atoms with van der Waals surface area (Å²) < 4.78 is 16.8. The predicted molar refractivity (Wildman–Crippen MR) is 335 cm³/mol. The van der Waals surface area contributed by atoms with Crippen LogP contribution in [0.2, 0.25) is 0 Å². The van der Waals surface area contributed by atoms with Gasteiger partial charge in [0.1, 0.15) is 13.2 Å². The number of allylic oxidation sites excluding steroid dienone is 10. The van der Waals surface area contributed by atoms with Gasteiger partial charge < -0.3 is 14.2 Å². The lowest BCUT2D eigenvalue weighted by Crippen LogP contribution is -2.30. The molecule has 0 N–H and O–H groups in total. The molecule has 0 heterocycles. The first-order chi connectivity index (χ1) is 38.0. The molecule has 0 amide bonds. The first kappa shape index (κ1) is 74.1. The van der Waals surface area contributed by atoms with Gasteiger partial charge in [-0.1, -0.05) is 332 Å². The molecule has 0 aromatic heterocycles. The Labute approximate surface area is 479 Å². The van der Waals surface area contributed by atoms with Crippen LogP contribution in [0.4, 0.5) is 0 Å². The maximum absolute atomic E-state index is 12.8. The third kappa shape index (κ3) is 63.8. The van der Waals surface area contributed by atoms with E-state index in [1.165, 1.54) is 218 Å². The standard InChI is InChI=1S/C71H128O6/c1-4-7-10-13-15-17-19-21-23-25-27-29-30-31-32-33-34-35-36-37-38-39-40-42-43-45-47-49-51-53-55-58-61-64-70(73)76-67-68(66-75-69(72)63-60-57-12-9-6-3)77-71(74)65-62-59-56-54-52-50-48-46-44-41-28-26-24-22-20-18-16-14-11-8-5-2/h7,10,15,17,21,23,27,29,31-32,68H,4-6,8-9,11-14,16,18-20,22,24-26,28,30,33-67H2,1-3H3/b10-7-,17-15-,23-21-,29-27-,32-31-. The summed E-state index contributed by atoms with van der Waals surface area (Å²) in [5.41, 5.74) is 0. The third-order valence-corrected chi connectivity index (χ3v) is 15.0. The molecule has 1 atom stereocenters. The fourth-order valence-electron chi connectivity index (χ4n) is 10.0. The molecule has 0 fully saturated rings. The van der Waals surface area contributed by atoms with Crippen molar-refractivity contribution in [3.8, 4) is 0 Å². The van der Waals surface area contributed by atoms with Gasteiger partial charge in [0, 0.05) is 19.3 Å². The quantitative estimate of drug-likeness (QED) is 0.0261. The summed E-state index contributed by atoms with van der Waals surface area (Å²) >= 11 is 0. The fourth-order valence-corrected chi connectivity index (χ4v) is 10.0. The molecular weight excluding hydrogens is 949 g/mol. The van der Waals surface area contributed by atoms with Gasteiger partial charge in [0.2, 0.25) is 0 Å². The van der Waals surface area contributed by atoms with Gasteiger partial charge in [-0.25, -0.2) is 0 Å². The highest BCUT2D eigenvalue weighted by Crippen LogP contribution is 2.18. The van der Waals surface area contributed by atoms with Crippen molar-refractivity contribution in [3.63, 3.8) is 0 Å². The zero-order valence-corrected chi connectivity index (χ0v) is 51.5. The molecule has 1 unspecified atom stereocenters. The molecular formula is C71H128O6. The Balaban J connectivity index is 3.93. The van der Waals surface area contributed by atoms with Gasteiger partial charge in [-0.05, 0) is 64.2 Å². The van der Waals surface area contributed by atoms with Crippen molar-refractivity contribution in [2.75, 3.05) is 13.2 Å². The number of esters is 3. The second kappa shape index (κ2) is 65.6. The van der Waals surface area contributed by atoms with E-state index < -0.39 is 6.10 Å². The molecule has 0 saturated carbocycles. The molecule has 0 rings (SSSR count). The lowest BCUT2D eigenvalue weighted by molar-refractivity contribution is -0.167. The van der Waals surface area contributed by atoms with Crippen LogP contribution in [0.3, 0.4) is 0 Å². The first-order valence-electron chi connectivity index (χ1n) is 33.8. The number of hydrogen-bond acceptors (Lipinski definition) is 6. The largest absolute Gasteiger partial charge is 0.462 e. The number of unbranched alkanes of at least 4 members (excludes halogenated alkanes) is 41. The van der Waals surface area contributed by atoms with Gasteiger partial charge in [0.25, 0.3) is 0 Å². The summed E-state index contributed by atoms with van der Waals surface area (Å²) in [5.74, 6) is -0.860. The molecule has 0 aliphatic carbocycles. The Bertz CT molecular complexity index is 1380. The maximum atomic E-state index is 12.8. The SMILES string of the molecule is CC/C=C\C/C=C\C/C=C\C/C=C\C/C=C\CCCCCCCCCCCCCCCCCCCC(=O)OCC(COC(=O)CCCCCCC)OC(=O)CCCCCCCCCCCCCCCCCCCCCCC. The van der Waals surface area contributed by atoms with Crippen LogP contribution in [0.15, 0.2) is 60.8 Å². The highest BCUT2D eigenvalue weighted by atomic mass is 16.6. The zero-order chi connectivity index (χ0) is 55.7. The Morgan fingerprint density at radius 2 is 0.506 bits per heavy atom. The molecule has 0 spiro atoms. The molecule has 0 aromatic rings. The average Bonchev–Trinajstić information content (AvgIpc) is 3.43. The minimum absolute atomic E-state index is 0.0683. The molecule has 77 heavy (non-hydrogen) atoms. The van der Waals surface area contributed by atoms with Crippen LogP contribution in [-0.2, 0) is 28.6 Å². The monoisotopic (exact) mass is 1080 g/mol. The summed E-state index contributed by atoms with van der Waals surface area (Å²) in [7, 11) is 0. The Morgan fingerprint density at radius 1 is 0.273 bits per heavy atom. The van der Waals surface area contributed by atoms with Crippen molar-refractivity contribution in [1.29, 1.82) is 0 Å². The summed E-state index contributed by atoms with van der Waals surface area (Å²) in [5, 5.41) is 0. The van der Waals surface area contributed by atoms with Crippen LogP contribution in [-0.4, -0.2) is 37.2 Å². The van der Waals surface area contributed by atoms with Crippen LogP contribution < -0.4 is 0 Å². The van der Waals surface area contributed by atoms with E-state index in [-0.39, 0.29) is 31.1 Å². The fraction of sp³-hybridized carbons (Fsp3) is 0.817. The van der Waals surface area contributed by atoms with Crippen LogP contribution >= 0.6 is 0 Å². The normalized spacial score (nSPS) is 12.4. The van der Waals surface area contributed by atoms with Gasteiger partial charge in [0.15, 0.2) is 6.10 Å². The van der Waals surface area contributed by atoms with Crippen LogP contribution in [0.5, 0.6) is 0 Å². The second-order valence-electron chi connectivity index (χ2n) is 22.7. The van der Waals surface area contributed by atoms with E-state index in [2.05, 4.69) is 81.5 Å². The van der Waals surface area contributed by atoms with E-state index in [9.17, 15) is 14.4 Å². The smallest absolute Gasteiger partial charge is 0.306 e. The van der Waals surface area contributed by atoms with Gasteiger partial charge in [-0.3, -0.25) is 14.4 Å². The first-order valence-corrected chi connectivity index (χ1v) is 33.8. The maximum Gasteiger partial charge on any atom is 0.306 e. The van der Waals surface area contributed by atoms with Crippen molar-refractivity contribution < 1.29 is 28.6 Å². The van der Waals surface area contributed by atoms with Crippen molar-refractivity contribution in [2.45, 2.75) is 361 Å². The van der Waals surface area contributed by atoms with E-state index in [0.29, 0.717) is 19.3 Å². The molecule has 6 nitrogen and oxygen atoms in total. The number of carbonyl (C=O) groups excluding carboxylic acids is 3. The summed E-state index contributed by atoms with van der Waals surface area (Å²) in [6.45, 7) is 6.50. The minimum Gasteiger partial charge on any atom is -0.462 e. The number of ether oxygens (including phenoxy) is 3. The summed E-state index contributed by atoms with van der Waals surface area (Å²) in [6.07, 6.45) is 84.4. The molecule has 0 saturated heterocycles. The molecule has 0 radical (unpaired) electrons. The molecule has 0 aliphatic rings. The topological polar surface area (TPSA) is 78.9 Å². The van der Waals surface area contributed by atoms with Gasteiger partial charge >= 0.3 is 17.9 Å². The van der Waals surface area contributed by atoms with E-state index in [0.717, 1.165) is 96.3 Å². The highest BCUT2D eigenvalue weighted by molar-refractivity contribution is 5.71. The molecule has 0 aromatic carbocycles. The van der Waals surface area contributed by atoms with Gasteiger partial charge in [-0.15, -0.1) is 0 Å². The molecule has 0 aliphatic heterocycles. The van der Waals surface area contributed by atoms with Crippen molar-refractivity contribution in [3.05, 3.63) is 60.8 Å².